The van der Waals surface area contributed by atoms with Crippen molar-refractivity contribution in [1.29, 1.82) is 0 Å². The van der Waals surface area contributed by atoms with Crippen molar-refractivity contribution in [2.24, 2.45) is 11.7 Å². The maximum absolute atomic E-state index is 12.6. The van der Waals surface area contributed by atoms with Gasteiger partial charge in [-0.15, -0.1) is 0 Å². The summed E-state index contributed by atoms with van der Waals surface area (Å²) >= 11 is 0. The smallest absolute Gasteiger partial charge is 0.263 e. The van der Waals surface area contributed by atoms with Gasteiger partial charge in [-0.1, -0.05) is 36.4 Å². The average molecular weight is 326 g/mol. The fourth-order valence-corrected chi connectivity index (χ4v) is 3.18. The minimum atomic E-state index is -0.569. The van der Waals surface area contributed by atoms with Gasteiger partial charge in [0.15, 0.2) is 6.10 Å². The van der Waals surface area contributed by atoms with Gasteiger partial charge in [-0.25, -0.2) is 0 Å². The van der Waals surface area contributed by atoms with Gasteiger partial charge in [0.2, 0.25) is 5.91 Å². The van der Waals surface area contributed by atoms with Gasteiger partial charge in [0.05, 0.1) is 0 Å². The Bertz CT molecular complexity index is 746. The molecule has 0 spiro atoms. The zero-order valence-electron chi connectivity index (χ0n) is 13.8. The van der Waals surface area contributed by atoms with Gasteiger partial charge < -0.3 is 15.4 Å². The molecule has 0 bridgehead atoms. The SMILES string of the molecule is CC(Oc1cccc2ccccc12)C(=O)N1CCC(C(N)=O)CC1. The summed E-state index contributed by atoms with van der Waals surface area (Å²) in [6.07, 6.45) is 0.686. The fraction of sp³-hybridized carbons (Fsp3) is 0.368. The van der Waals surface area contributed by atoms with Crippen LogP contribution < -0.4 is 10.5 Å². The Kier molecular flexibility index (Phi) is 4.69. The van der Waals surface area contributed by atoms with Crippen LogP contribution in [0.1, 0.15) is 19.8 Å². The largest absolute Gasteiger partial charge is 0.480 e. The van der Waals surface area contributed by atoms with E-state index in [2.05, 4.69) is 0 Å². The summed E-state index contributed by atoms with van der Waals surface area (Å²) < 4.78 is 5.93. The molecule has 1 heterocycles. The molecule has 2 N–H and O–H groups in total. The van der Waals surface area contributed by atoms with Crippen LogP contribution >= 0.6 is 0 Å². The number of carbonyl (C=O) groups is 2. The molecule has 0 aliphatic carbocycles. The predicted molar refractivity (Wildman–Crippen MR) is 92.5 cm³/mol. The number of amides is 2. The second kappa shape index (κ2) is 6.91. The molecule has 5 nitrogen and oxygen atoms in total. The maximum atomic E-state index is 12.6. The summed E-state index contributed by atoms with van der Waals surface area (Å²) in [6, 6.07) is 13.8. The molecule has 1 saturated heterocycles. The minimum absolute atomic E-state index is 0.0501. The van der Waals surface area contributed by atoms with E-state index in [4.69, 9.17) is 10.5 Å². The Balaban J connectivity index is 1.67. The van der Waals surface area contributed by atoms with E-state index < -0.39 is 6.10 Å². The van der Waals surface area contributed by atoms with Gasteiger partial charge in [0, 0.05) is 24.4 Å². The van der Waals surface area contributed by atoms with E-state index in [1.807, 2.05) is 42.5 Å². The van der Waals surface area contributed by atoms with Gasteiger partial charge in [-0.05, 0) is 31.2 Å². The monoisotopic (exact) mass is 326 g/mol. The van der Waals surface area contributed by atoms with Gasteiger partial charge in [0.1, 0.15) is 5.75 Å². The fourth-order valence-electron chi connectivity index (χ4n) is 3.18. The van der Waals surface area contributed by atoms with Crippen molar-refractivity contribution in [3.05, 3.63) is 42.5 Å². The zero-order chi connectivity index (χ0) is 17.1. The van der Waals surface area contributed by atoms with Gasteiger partial charge in [-0.2, -0.15) is 0 Å². The summed E-state index contributed by atoms with van der Waals surface area (Å²) in [7, 11) is 0. The lowest BCUT2D eigenvalue weighted by Crippen LogP contribution is -2.46. The van der Waals surface area contributed by atoms with Crippen molar-refractivity contribution >= 4 is 22.6 Å². The van der Waals surface area contributed by atoms with Gasteiger partial charge in [0.25, 0.3) is 5.91 Å². The third kappa shape index (κ3) is 3.35. The highest BCUT2D eigenvalue weighted by Crippen LogP contribution is 2.26. The predicted octanol–water partition coefficient (Wildman–Crippen LogP) is 2.33. The second-order valence-electron chi connectivity index (χ2n) is 6.24. The molecule has 24 heavy (non-hydrogen) atoms. The number of benzene rings is 2. The van der Waals surface area contributed by atoms with E-state index in [1.54, 1.807) is 11.8 Å². The van der Waals surface area contributed by atoms with Crippen molar-refractivity contribution in [3.63, 3.8) is 0 Å². The van der Waals surface area contributed by atoms with Crippen molar-refractivity contribution in [3.8, 4) is 5.75 Å². The van der Waals surface area contributed by atoms with Crippen LogP contribution in [0.25, 0.3) is 10.8 Å². The Labute approximate surface area is 141 Å². The standard InChI is InChI=1S/C19H22N2O3/c1-13(19(23)21-11-9-15(10-12-21)18(20)22)24-17-8-4-6-14-5-2-3-7-16(14)17/h2-8,13,15H,9-12H2,1H3,(H2,20,22). The summed E-state index contributed by atoms with van der Waals surface area (Å²) in [5, 5.41) is 2.07. The Hall–Kier alpha value is -2.56. The Morgan fingerprint density at radius 2 is 1.79 bits per heavy atom. The molecule has 1 aliphatic heterocycles. The first kappa shape index (κ1) is 16.3. The molecule has 0 saturated carbocycles. The summed E-state index contributed by atoms with van der Waals surface area (Å²) in [4.78, 5) is 25.6. The van der Waals surface area contributed by atoms with Crippen molar-refractivity contribution in [1.82, 2.24) is 4.90 Å². The van der Waals surface area contributed by atoms with E-state index >= 15 is 0 Å². The Morgan fingerprint density at radius 1 is 1.12 bits per heavy atom. The lowest BCUT2D eigenvalue weighted by molar-refractivity contribution is -0.140. The highest BCUT2D eigenvalue weighted by molar-refractivity contribution is 5.89. The number of hydrogen-bond donors (Lipinski definition) is 1. The molecule has 3 rings (SSSR count). The summed E-state index contributed by atoms with van der Waals surface area (Å²) in [5.74, 6) is 0.261. The van der Waals surface area contributed by atoms with Crippen LogP contribution in [0.3, 0.4) is 0 Å². The van der Waals surface area contributed by atoms with Crippen LogP contribution in [0.15, 0.2) is 42.5 Å². The molecule has 0 aromatic heterocycles. The van der Waals surface area contributed by atoms with E-state index in [0.717, 1.165) is 10.8 Å². The van der Waals surface area contributed by atoms with E-state index in [-0.39, 0.29) is 17.7 Å². The molecule has 2 amide bonds. The highest BCUT2D eigenvalue weighted by Gasteiger charge is 2.29. The molecule has 1 unspecified atom stereocenters. The van der Waals surface area contributed by atoms with E-state index in [9.17, 15) is 9.59 Å². The van der Waals surface area contributed by atoms with Crippen molar-refractivity contribution in [2.75, 3.05) is 13.1 Å². The molecular formula is C19H22N2O3. The molecule has 126 valence electrons. The Morgan fingerprint density at radius 3 is 2.50 bits per heavy atom. The van der Waals surface area contributed by atoms with Gasteiger partial charge in [-0.3, -0.25) is 9.59 Å². The first-order chi connectivity index (χ1) is 11.6. The summed E-state index contributed by atoms with van der Waals surface area (Å²) in [5.41, 5.74) is 5.34. The number of rotatable bonds is 4. The summed E-state index contributed by atoms with van der Waals surface area (Å²) in [6.45, 7) is 2.87. The van der Waals surface area contributed by atoms with Crippen LogP contribution in [-0.4, -0.2) is 35.9 Å². The third-order valence-electron chi connectivity index (χ3n) is 4.61. The van der Waals surface area contributed by atoms with Crippen LogP contribution in [0.4, 0.5) is 0 Å². The van der Waals surface area contributed by atoms with Crippen LogP contribution in [0.5, 0.6) is 5.75 Å². The number of nitrogens with two attached hydrogens (primary N) is 1. The quantitative estimate of drug-likeness (QED) is 0.937. The molecular weight excluding hydrogens is 304 g/mol. The van der Waals surface area contributed by atoms with Crippen LogP contribution in [0, 0.1) is 5.92 Å². The molecule has 1 atom stereocenters. The van der Waals surface area contributed by atoms with Crippen LogP contribution in [0.2, 0.25) is 0 Å². The van der Waals surface area contributed by atoms with E-state index in [1.165, 1.54) is 0 Å². The van der Waals surface area contributed by atoms with Gasteiger partial charge >= 0.3 is 0 Å². The lowest BCUT2D eigenvalue weighted by atomic mass is 9.96. The third-order valence-corrected chi connectivity index (χ3v) is 4.61. The molecule has 1 aliphatic rings. The number of nitrogens with zero attached hydrogens (tertiary/aromatic N) is 1. The molecule has 2 aromatic rings. The van der Waals surface area contributed by atoms with Crippen LogP contribution in [-0.2, 0) is 9.59 Å². The number of fused-ring (bicyclic) bond motifs is 1. The van der Waals surface area contributed by atoms with E-state index in [0.29, 0.717) is 31.7 Å². The number of piperidine rings is 1. The number of primary amides is 1. The number of likely N-dealkylation sites (tertiary alicyclic amines) is 1. The molecule has 2 aromatic carbocycles. The maximum Gasteiger partial charge on any atom is 0.263 e. The zero-order valence-corrected chi connectivity index (χ0v) is 13.8. The van der Waals surface area contributed by atoms with Crippen molar-refractivity contribution < 1.29 is 14.3 Å². The second-order valence-corrected chi connectivity index (χ2v) is 6.24. The number of carbonyl (C=O) groups excluding carboxylic acids is 2. The first-order valence-corrected chi connectivity index (χ1v) is 8.29. The average Bonchev–Trinajstić information content (AvgIpc) is 2.61. The normalized spacial score (nSPS) is 16.8. The number of ether oxygens (including phenoxy) is 1. The molecule has 0 radical (unpaired) electrons. The lowest BCUT2D eigenvalue weighted by Gasteiger charge is -2.32. The topological polar surface area (TPSA) is 72.6 Å². The number of hydrogen-bond acceptors (Lipinski definition) is 3. The molecule has 1 fully saturated rings. The van der Waals surface area contributed by atoms with Crippen molar-refractivity contribution in [2.45, 2.75) is 25.9 Å². The highest BCUT2D eigenvalue weighted by atomic mass is 16.5. The minimum Gasteiger partial charge on any atom is -0.480 e. The molecule has 5 heteroatoms. The first-order valence-electron chi connectivity index (χ1n) is 8.29.